The Balaban J connectivity index is 1.56. The average Bonchev–Trinajstić information content (AvgIpc) is 3.55. The highest BCUT2D eigenvalue weighted by Crippen LogP contribution is 2.32. The Morgan fingerprint density at radius 3 is 2.56 bits per heavy atom. The maximum Gasteiger partial charge on any atom is 0.337 e. The summed E-state index contributed by atoms with van der Waals surface area (Å²) in [6, 6.07) is 19.8. The molecule has 0 aliphatic heterocycles. The van der Waals surface area contributed by atoms with Crippen molar-refractivity contribution in [2.24, 2.45) is 0 Å². The summed E-state index contributed by atoms with van der Waals surface area (Å²) in [6.45, 7) is 6.50. The molecule has 0 bridgehead atoms. The highest BCUT2D eigenvalue weighted by molar-refractivity contribution is 6.02. The number of carbonyl (C=O) groups is 1. The van der Waals surface area contributed by atoms with Crippen LogP contribution in [-0.4, -0.2) is 47.9 Å². The van der Waals surface area contributed by atoms with E-state index in [0.717, 1.165) is 27.8 Å². The van der Waals surface area contributed by atoms with E-state index in [1.807, 2.05) is 60.0 Å². The average molecular weight is 481 g/mol. The van der Waals surface area contributed by atoms with Crippen molar-refractivity contribution in [1.29, 1.82) is 0 Å². The fourth-order valence-electron chi connectivity index (χ4n) is 4.34. The van der Waals surface area contributed by atoms with Gasteiger partial charge in [0, 0.05) is 5.56 Å². The van der Waals surface area contributed by atoms with Gasteiger partial charge in [0.2, 0.25) is 0 Å². The van der Waals surface area contributed by atoms with Gasteiger partial charge in [-0.05, 0) is 52.1 Å². The van der Waals surface area contributed by atoms with Gasteiger partial charge in [0.15, 0.2) is 5.82 Å². The summed E-state index contributed by atoms with van der Waals surface area (Å²) in [5.74, 6) is -0.416. The molecule has 2 heterocycles. The summed E-state index contributed by atoms with van der Waals surface area (Å²) in [5.41, 5.74) is 6.11. The van der Waals surface area contributed by atoms with Crippen LogP contribution in [0.3, 0.4) is 0 Å². The molecular weight excluding hydrogens is 456 g/mol. The molecule has 0 aliphatic rings. The van der Waals surface area contributed by atoms with E-state index in [0.29, 0.717) is 42.4 Å². The van der Waals surface area contributed by atoms with Gasteiger partial charge in [0.1, 0.15) is 0 Å². The van der Waals surface area contributed by atoms with E-state index < -0.39 is 5.97 Å². The summed E-state index contributed by atoms with van der Waals surface area (Å²) in [5, 5.41) is 24.1. The standard InChI is InChI=1S/C27H24N6O3/c1-3-7-19-14-15-22(26(34)35)24-23(19)28-27(36-4-2)33(24)16-17-10-12-18(13-11-17)20-8-5-6-9-21(20)25-29-31-32-30-25/h3,5-6,8-15H,1,4,7,16H2,2H3,(H,34,35)(H,29,30,31,32). The molecule has 0 unspecified atom stereocenters. The summed E-state index contributed by atoms with van der Waals surface area (Å²) >= 11 is 0. The highest BCUT2D eigenvalue weighted by atomic mass is 16.5. The molecule has 0 atom stereocenters. The van der Waals surface area contributed by atoms with Gasteiger partial charge in [-0.2, -0.15) is 4.98 Å². The monoisotopic (exact) mass is 480 g/mol. The lowest BCUT2D eigenvalue weighted by Gasteiger charge is -2.12. The number of aromatic carboxylic acids is 1. The van der Waals surface area contributed by atoms with Gasteiger partial charge < -0.3 is 9.84 Å². The zero-order chi connectivity index (χ0) is 25.1. The number of rotatable bonds is 9. The lowest BCUT2D eigenvalue weighted by molar-refractivity contribution is 0.0698. The minimum atomic E-state index is -1.01. The zero-order valence-electron chi connectivity index (χ0n) is 19.7. The molecular formula is C27H24N6O3. The first kappa shape index (κ1) is 23.0. The van der Waals surface area contributed by atoms with Gasteiger partial charge in [-0.25, -0.2) is 9.89 Å². The van der Waals surface area contributed by atoms with Crippen LogP contribution in [0.15, 0.2) is 73.3 Å². The molecule has 0 radical (unpaired) electrons. The number of tetrazole rings is 1. The van der Waals surface area contributed by atoms with Gasteiger partial charge in [0.25, 0.3) is 6.01 Å². The molecule has 0 aliphatic carbocycles. The van der Waals surface area contributed by atoms with Gasteiger partial charge in [0.05, 0.1) is 29.7 Å². The van der Waals surface area contributed by atoms with Crippen LogP contribution in [0.4, 0.5) is 0 Å². The largest absolute Gasteiger partial charge is 0.478 e. The highest BCUT2D eigenvalue weighted by Gasteiger charge is 2.21. The number of nitrogens with one attached hydrogen (secondary N) is 1. The third-order valence-corrected chi connectivity index (χ3v) is 5.94. The Hall–Kier alpha value is -4.79. The quantitative estimate of drug-likeness (QED) is 0.292. The number of hydrogen-bond donors (Lipinski definition) is 2. The molecule has 180 valence electrons. The maximum absolute atomic E-state index is 12.1. The number of imidazole rings is 1. The molecule has 0 amide bonds. The number of aromatic amines is 1. The number of hydrogen-bond acceptors (Lipinski definition) is 6. The molecule has 2 aromatic heterocycles. The van der Waals surface area contributed by atoms with Crippen molar-refractivity contribution >= 4 is 17.0 Å². The minimum absolute atomic E-state index is 0.183. The first-order valence-corrected chi connectivity index (χ1v) is 11.5. The fraction of sp³-hybridized carbons (Fsp3) is 0.148. The van der Waals surface area contributed by atoms with Crippen LogP contribution in [0, 0.1) is 0 Å². The third-order valence-electron chi connectivity index (χ3n) is 5.94. The number of benzene rings is 3. The number of allylic oxidation sites excluding steroid dienone is 1. The van der Waals surface area contributed by atoms with Crippen molar-refractivity contribution in [3.8, 4) is 28.5 Å². The van der Waals surface area contributed by atoms with Gasteiger partial charge >= 0.3 is 5.97 Å². The molecule has 9 nitrogen and oxygen atoms in total. The summed E-state index contributed by atoms with van der Waals surface area (Å²) in [7, 11) is 0. The Kier molecular flexibility index (Phi) is 6.27. The van der Waals surface area contributed by atoms with E-state index in [-0.39, 0.29) is 5.56 Å². The molecule has 0 fully saturated rings. The molecule has 5 rings (SSSR count). The lowest BCUT2D eigenvalue weighted by atomic mass is 9.98. The topological polar surface area (TPSA) is 119 Å². The maximum atomic E-state index is 12.1. The molecule has 0 saturated heterocycles. The number of nitrogens with zero attached hydrogens (tertiary/aromatic N) is 5. The van der Waals surface area contributed by atoms with E-state index >= 15 is 0 Å². The number of aromatic nitrogens is 6. The summed E-state index contributed by atoms with van der Waals surface area (Å²) in [4.78, 5) is 16.7. The Labute approximate surface area is 207 Å². The van der Waals surface area contributed by atoms with Gasteiger partial charge in [-0.1, -0.05) is 60.7 Å². The van der Waals surface area contributed by atoms with Crippen molar-refractivity contribution in [3.63, 3.8) is 0 Å². The number of H-pyrrole nitrogens is 1. The van der Waals surface area contributed by atoms with Crippen LogP contribution < -0.4 is 4.74 Å². The van der Waals surface area contributed by atoms with Crippen molar-refractivity contribution in [2.75, 3.05) is 6.61 Å². The number of carboxylic acids is 1. The second kappa shape index (κ2) is 9.83. The van der Waals surface area contributed by atoms with Crippen molar-refractivity contribution in [1.82, 2.24) is 30.2 Å². The van der Waals surface area contributed by atoms with Crippen LogP contribution in [0.1, 0.15) is 28.4 Å². The van der Waals surface area contributed by atoms with Crippen LogP contribution in [0.5, 0.6) is 6.01 Å². The lowest BCUT2D eigenvalue weighted by Crippen LogP contribution is -2.08. The molecule has 3 aromatic carbocycles. The molecule has 2 N–H and O–H groups in total. The van der Waals surface area contributed by atoms with E-state index in [2.05, 4.69) is 32.2 Å². The molecule has 5 aromatic rings. The van der Waals surface area contributed by atoms with E-state index in [9.17, 15) is 9.90 Å². The molecule has 36 heavy (non-hydrogen) atoms. The predicted octanol–water partition coefficient (Wildman–Crippen LogP) is 4.76. The van der Waals surface area contributed by atoms with E-state index in [4.69, 9.17) is 4.74 Å². The fourth-order valence-corrected chi connectivity index (χ4v) is 4.34. The molecule has 0 saturated carbocycles. The van der Waals surface area contributed by atoms with Crippen LogP contribution in [-0.2, 0) is 13.0 Å². The SMILES string of the molecule is C=CCc1ccc(C(=O)O)c2c1nc(OCC)n2Cc1ccc(-c2ccccc2-c2nnn[nH]2)cc1. The molecule has 9 heteroatoms. The van der Waals surface area contributed by atoms with Crippen molar-refractivity contribution in [2.45, 2.75) is 19.9 Å². The number of carboxylic acid groups (broad SMARTS) is 1. The van der Waals surface area contributed by atoms with Crippen LogP contribution in [0.25, 0.3) is 33.5 Å². The predicted molar refractivity (Wildman–Crippen MR) is 136 cm³/mol. The van der Waals surface area contributed by atoms with E-state index in [1.165, 1.54) is 0 Å². The van der Waals surface area contributed by atoms with Crippen LogP contribution >= 0.6 is 0 Å². The first-order chi connectivity index (χ1) is 17.6. The van der Waals surface area contributed by atoms with Crippen molar-refractivity contribution < 1.29 is 14.6 Å². The minimum Gasteiger partial charge on any atom is -0.478 e. The summed E-state index contributed by atoms with van der Waals surface area (Å²) in [6.07, 6.45) is 2.35. The zero-order valence-corrected chi connectivity index (χ0v) is 19.7. The Morgan fingerprint density at radius 1 is 1.11 bits per heavy atom. The number of fused-ring (bicyclic) bond motifs is 1. The Morgan fingerprint density at radius 2 is 1.89 bits per heavy atom. The third kappa shape index (κ3) is 4.22. The van der Waals surface area contributed by atoms with E-state index in [1.54, 1.807) is 18.2 Å². The molecule has 0 spiro atoms. The smallest absolute Gasteiger partial charge is 0.337 e. The van der Waals surface area contributed by atoms with Gasteiger partial charge in [-0.3, -0.25) is 4.57 Å². The first-order valence-electron chi connectivity index (χ1n) is 11.5. The second-order valence-electron chi connectivity index (χ2n) is 8.17. The number of ether oxygens (including phenoxy) is 1. The van der Waals surface area contributed by atoms with Crippen LogP contribution in [0.2, 0.25) is 0 Å². The normalized spacial score (nSPS) is 11.0. The summed E-state index contributed by atoms with van der Waals surface area (Å²) < 4.78 is 7.65. The van der Waals surface area contributed by atoms with Crippen molar-refractivity contribution in [3.05, 3.63) is 90.0 Å². The Bertz CT molecular complexity index is 1540. The second-order valence-corrected chi connectivity index (χ2v) is 8.17. The van der Waals surface area contributed by atoms with Gasteiger partial charge in [-0.15, -0.1) is 11.7 Å².